The lowest BCUT2D eigenvalue weighted by atomic mass is 10.1. The molecule has 4 nitrogen and oxygen atoms in total. The number of aliphatic hydroxyl groups is 1. The zero-order valence-electron chi connectivity index (χ0n) is 13.0. The van der Waals surface area contributed by atoms with Crippen molar-refractivity contribution in [1.29, 1.82) is 0 Å². The number of aliphatic hydroxyl groups excluding tert-OH is 1. The summed E-state index contributed by atoms with van der Waals surface area (Å²) in [6.07, 6.45) is 2.88. The summed E-state index contributed by atoms with van der Waals surface area (Å²) < 4.78 is 5.79. The first kappa shape index (κ1) is 14.5. The Labute approximate surface area is 125 Å². The van der Waals surface area contributed by atoms with Gasteiger partial charge in [-0.25, -0.2) is 4.98 Å². The third kappa shape index (κ3) is 2.83. The molecule has 0 bridgehead atoms. The molecule has 114 valence electrons. The monoisotopic (exact) mass is 288 g/mol. The summed E-state index contributed by atoms with van der Waals surface area (Å²) in [5.74, 6) is 1.09. The molecule has 3 rings (SSSR count). The van der Waals surface area contributed by atoms with Crippen LogP contribution < -0.4 is 5.32 Å². The van der Waals surface area contributed by atoms with Crippen LogP contribution >= 0.6 is 0 Å². The fourth-order valence-corrected chi connectivity index (χ4v) is 3.04. The minimum atomic E-state index is -0.200. The van der Waals surface area contributed by atoms with Gasteiger partial charge in [-0.1, -0.05) is 19.9 Å². The normalized spacial score (nSPS) is 22.5. The molecule has 0 saturated heterocycles. The van der Waals surface area contributed by atoms with Crippen molar-refractivity contribution < 1.29 is 9.52 Å². The number of rotatable bonds is 4. The smallest absolute Gasteiger partial charge is 0.198 e. The minimum absolute atomic E-state index is 0.200. The van der Waals surface area contributed by atoms with Crippen molar-refractivity contribution in [2.45, 2.75) is 64.6 Å². The minimum Gasteiger partial charge on any atom is -0.440 e. The molecule has 1 saturated carbocycles. The van der Waals surface area contributed by atoms with Gasteiger partial charge in [0.1, 0.15) is 5.52 Å². The lowest BCUT2D eigenvalue weighted by molar-refractivity contribution is 0.148. The summed E-state index contributed by atoms with van der Waals surface area (Å²) in [5, 5.41) is 13.4. The molecule has 1 aromatic heterocycles. The topological polar surface area (TPSA) is 58.3 Å². The third-order valence-corrected chi connectivity index (χ3v) is 4.47. The maximum absolute atomic E-state index is 9.88. The van der Waals surface area contributed by atoms with Crippen LogP contribution in [0.15, 0.2) is 16.5 Å². The predicted octanol–water partition coefficient (Wildman–Crippen LogP) is 3.26. The van der Waals surface area contributed by atoms with Gasteiger partial charge in [0.15, 0.2) is 11.5 Å². The largest absolute Gasteiger partial charge is 0.440 e. The van der Waals surface area contributed by atoms with Gasteiger partial charge >= 0.3 is 0 Å². The van der Waals surface area contributed by atoms with Crippen molar-refractivity contribution in [3.63, 3.8) is 0 Å². The molecule has 0 spiro atoms. The molecule has 1 aromatic carbocycles. The lowest BCUT2D eigenvalue weighted by Crippen LogP contribution is -2.35. The van der Waals surface area contributed by atoms with Crippen LogP contribution in [0.1, 0.15) is 56.0 Å². The van der Waals surface area contributed by atoms with Gasteiger partial charge in [-0.2, -0.15) is 0 Å². The van der Waals surface area contributed by atoms with Crippen LogP contribution in [0.5, 0.6) is 0 Å². The predicted molar refractivity (Wildman–Crippen MR) is 83.3 cm³/mol. The van der Waals surface area contributed by atoms with Crippen molar-refractivity contribution in [3.8, 4) is 0 Å². The number of nitrogens with one attached hydrogen (secondary N) is 1. The number of oxazole rings is 1. The highest BCUT2D eigenvalue weighted by Gasteiger charge is 2.24. The van der Waals surface area contributed by atoms with E-state index in [1.807, 2.05) is 6.07 Å². The number of fused-ring (bicyclic) bond motifs is 1. The average molecular weight is 288 g/mol. The molecule has 1 aliphatic carbocycles. The quantitative estimate of drug-likeness (QED) is 0.906. The van der Waals surface area contributed by atoms with Gasteiger partial charge in [0.25, 0.3) is 0 Å². The molecule has 1 fully saturated rings. The standard InChI is InChI=1S/C17H24N2O2/c1-10(2)17-19-16-11(3)12(7-8-15(16)21-17)9-18-13-5-4-6-14(13)20/h7-8,10,13-14,18,20H,4-6,9H2,1-3H3/t13-,14-/m0/s1. The fourth-order valence-electron chi connectivity index (χ4n) is 3.04. The number of benzene rings is 1. The van der Waals surface area contributed by atoms with Gasteiger partial charge < -0.3 is 14.8 Å². The Morgan fingerprint density at radius 2 is 2.19 bits per heavy atom. The third-order valence-electron chi connectivity index (χ3n) is 4.47. The summed E-state index contributed by atoms with van der Waals surface area (Å²) >= 11 is 0. The Balaban J connectivity index is 1.80. The molecule has 2 aromatic rings. The Bertz CT molecular complexity index is 633. The first-order chi connectivity index (χ1) is 10.1. The van der Waals surface area contributed by atoms with Crippen LogP contribution in [0.2, 0.25) is 0 Å². The van der Waals surface area contributed by atoms with E-state index in [0.29, 0.717) is 5.92 Å². The maximum atomic E-state index is 9.88. The van der Waals surface area contributed by atoms with E-state index in [1.54, 1.807) is 0 Å². The van der Waals surface area contributed by atoms with E-state index >= 15 is 0 Å². The van der Waals surface area contributed by atoms with Gasteiger partial charge in [-0.15, -0.1) is 0 Å². The van der Waals surface area contributed by atoms with E-state index in [0.717, 1.165) is 42.8 Å². The number of aromatic nitrogens is 1. The molecule has 0 aliphatic heterocycles. The van der Waals surface area contributed by atoms with Crippen LogP contribution in [-0.2, 0) is 6.54 Å². The van der Waals surface area contributed by atoms with E-state index in [1.165, 1.54) is 11.1 Å². The van der Waals surface area contributed by atoms with Crippen LogP contribution in [-0.4, -0.2) is 22.2 Å². The molecule has 0 radical (unpaired) electrons. The molecule has 0 amide bonds. The van der Waals surface area contributed by atoms with Crippen molar-refractivity contribution in [2.75, 3.05) is 0 Å². The van der Waals surface area contributed by atoms with E-state index in [2.05, 4.69) is 37.1 Å². The zero-order valence-corrected chi connectivity index (χ0v) is 13.0. The molecular formula is C17H24N2O2. The van der Waals surface area contributed by atoms with Crippen LogP contribution in [0, 0.1) is 6.92 Å². The van der Waals surface area contributed by atoms with Crippen LogP contribution in [0.25, 0.3) is 11.1 Å². The highest BCUT2D eigenvalue weighted by molar-refractivity contribution is 5.77. The number of hydrogen-bond donors (Lipinski definition) is 2. The molecule has 2 atom stereocenters. The number of hydrogen-bond acceptors (Lipinski definition) is 4. The molecule has 1 heterocycles. The van der Waals surface area contributed by atoms with E-state index in [4.69, 9.17) is 4.42 Å². The molecule has 2 N–H and O–H groups in total. The first-order valence-electron chi connectivity index (χ1n) is 7.86. The summed E-state index contributed by atoms with van der Waals surface area (Å²) in [4.78, 5) is 4.62. The Hall–Kier alpha value is -1.39. The Morgan fingerprint density at radius 3 is 2.86 bits per heavy atom. The molecule has 0 unspecified atom stereocenters. The van der Waals surface area contributed by atoms with Gasteiger partial charge in [-0.3, -0.25) is 0 Å². The van der Waals surface area contributed by atoms with Crippen molar-refractivity contribution >= 4 is 11.1 Å². The maximum Gasteiger partial charge on any atom is 0.198 e. The van der Waals surface area contributed by atoms with E-state index in [-0.39, 0.29) is 12.1 Å². The molecule has 21 heavy (non-hydrogen) atoms. The summed E-state index contributed by atoms with van der Waals surface area (Å²) in [6.45, 7) is 7.04. The van der Waals surface area contributed by atoms with Crippen LogP contribution in [0.4, 0.5) is 0 Å². The van der Waals surface area contributed by atoms with Gasteiger partial charge in [0, 0.05) is 18.5 Å². The lowest BCUT2D eigenvalue weighted by Gasteiger charge is -2.17. The summed E-state index contributed by atoms with van der Waals surface area (Å²) in [7, 11) is 0. The average Bonchev–Trinajstić information content (AvgIpc) is 3.05. The van der Waals surface area contributed by atoms with Crippen LogP contribution in [0.3, 0.4) is 0 Å². The van der Waals surface area contributed by atoms with Crippen molar-refractivity contribution in [3.05, 3.63) is 29.2 Å². The van der Waals surface area contributed by atoms with E-state index < -0.39 is 0 Å². The van der Waals surface area contributed by atoms with E-state index in [9.17, 15) is 5.11 Å². The number of nitrogens with zero attached hydrogens (tertiary/aromatic N) is 1. The van der Waals surface area contributed by atoms with Gasteiger partial charge in [-0.05, 0) is 43.4 Å². The second kappa shape index (κ2) is 5.78. The summed E-state index contributed by atoms with van der Waals surface area (Å²) in [5.41, 5.74) is 4.22. The Kier molecular flexibility index (Phi) is 4.00. The zero-order chi connectivity index (χ0) is 15.0. The number of aryl methyl sites for hydroxylation is 1. The Morgan fingerprint density at radius 1 is 1.38 bits per heavy atom. The SMILES string of the molecule is Cc1c(CN[C@H]2CCC[C@@H]2O)ccc2oc(C(C)C)nc12. The van der Waals surface area contributed by atoms with Crippen molar-refractivity contribution in [2.24, 2.45) is 0 Å². The second-order valence-corrected chi connectivity index (χ2v) is 6.39. The molecule has 1 aliphatic rings. The van der Waals surface area contributed by atoms with Gasteiger partial charge in [0.2, 0.25) is 0 Å². The van der Waals surface area contributed by atoms with Gasteiger partial charge in [0.05, 0.1) is 6.10 Å². The summed E-state index contributed by atoms with van der Waals surface area (Å²) in [6, 6.07) is 4.33. The van der Waals surface area contributed by atoms with Crippen molar-refractivity contribution in [1.82, 2.24) is 10.3 Å². The fraction of sp³-hybridized carbons (Fsp3) is 0.588. The first-order valence-corrected chi connectivity index (χ1v) is 7.86. The highest BCUT2D eigenvalue weighted by Crippen LogP contribution is 2.26. The second-order valence-electron chi connectivity index (χ2n) is 6.39. The molecular weight excluding hydrogens is 264 g/mol. The molecule has 4 heteroatoms. The highest BCUT2D eigenvalue weighted by atomic mass is 16.3.